The van der Waals surface area contributed by atoms with Gasteiger partial charge in [-0.15, -0.1) is 0 Å². The molecule has 1 heterocycles. The van der Waals surface area contributed by atoms with Gasteiger partial charge in [0.05, 0.1) is 18.0 Å². The number of hydrogen-bond donors (Lipinski definition) is 4. The monoisotopic (exact) mass is 458 g/mol. The predicted octanol–water partition coefficient (Wildman–Crippen LogP) is 3.41. The molecule has 0 radical (unpaired) electrons. The van der Waals surface area contributed by atoms with E-state index in [0.717, 1.165) is 11.1 Å². The van der Waals surface area contributed by atoms with Crippen LogP contribution in [0.2, 0.25) is 0 Å². The molecular formula is C26H26N4O4. The lowest BCUT2D eigenvalue weighted by Gasteiger charge is -2.27. The number of aryl methyl sites for hydroxylation is 1. The number of amides is 3. The first-order chi connectivity index (χ1) is 16.5. The summed E-state index contributed by atoms with van der Waals surface area (Å²) in [5, 5.41) is 8.84. The van der Waals surface area contributed by atoms with E-state index in [0.29, 0.717) is 35.5 Å². The normalized spacial score (nSPS) is 14.4. The molecule has 34 heavy (non-hydrogen) atoms. The van der Waals surface area contributed by atoms with Gasteiger partial charge in [0.25, 0.3) is 11.8 Å². The molecule has 3 aromatic carbocycles. The molecular weight excluding hydrogens is 432 g/mol. The van der Waals surface area contributed by atoms with Crippen LogP contribution >= 0.6 is 0 Å². The Hall–Kier alpha value is -4.17. The van der Waals surface area contributed by atoms with Crippen molar-refractivity contribution in [2.45, 2.75) is 26.0 Å². The lowest BCUT2D eigenvalue weighted by Crippen LogP contribution is -2.41. The van der Waals surface area contributed by atoms with Gasteiger partial charge in [-0.2, -0.15) is 0 Å². The first kappa shape index (κ1) is 23.0. The Balaban J connectivity index is 1.30. The average Bonchev–Trinajstić information content (AvgIpc) is 2.85. The van der Waals surface area contributed by atoms with E-state index in [-0.39, 0.29) is 24.3 Å². The number of carbonyl (C=O) groups is 3. The molecule has 1 atom stereocenters. The van der Waals surface area contributed by atoms with Crippen LogP contribution in [0.15, 0.2) is 72.8 Å². The number of fused-ring (bicyclic) bond motifs is 1. The smallest absolute Gasteiger partial charge is 0.274 e. The minimum atomic E-state index is -0.543. The van der Waals surface area contributed by atoms with Gasteiger partial charge in [-0.25, -0.2) is 5.48 Å². The number of carbonyl (C=O) groups excluding carboxylic acids is 3. The zero-order valence-corrected chi connectivity index (χ0v) is 18.8. The van der Waals surface area contributed by atoms with Crippen LogP contribution in [0.4, 0.5) is 11.4 Å². The summed E-state index contributed by atoms with van der Waals surface area (Å²) in [5.41, 5.74) is 6.64. The van der Waals surface area contributed by atoms with Crippen molar-refractivity contribution in [1.29, 1.82) is 0 Å². The van der Waals surface area contributed by atoms with Gasteiger partial charge in [0.15, 0.2) is 0 Å². The van der Waals surface area contributed by atoms with Crippen molar-refractivity contribution in [2.24, 2.45) is 0 Å². The van der Waals surface area contributed by atoms with Crippen LogP contribution in [0, 0.1) is 6.92 Å². The fraction of sp³-hybridized carbons (Fsp3) is 0.192. The van der Waals surface area contributed by atoms with E-state index < -0.39 is 6.04 Å². The van der Waals surface area contributed by atoms with Gasteiger partial charge in [0.2, 0.25) is 5.91 Å². The first-order valence-electron chi connectivity index (χ1n) is 11.0. The van der Waals surface area contributed by atoms with Gasteiger partial charge in [-0.05, 0) is 49.2 Å². The van der Waals surface area contributed by atoms with Crippen LogP contribution in [0.1, 0.15) is 38.3 Å². The van der Waals surface area contributed by atoms with E-state index in [4.69, 9.17) is 4.84 Å². The molecule has 1 aliphatic rings. The maximum absolute atomic E-state index is 12.5. The average molecular weight is 459 g/mol. The Labute approximate surface area is 197 Å². The molecule has 174 valence electrons. The lowest BCUT2D eigenvalue weighted by atomic mass is 10.1. The van der Waals surface area contributed by atoms with E-state index in [1.807, 2.05) is 49.4 Å². The zero-order chi connectivity index (χ0) is 23.9. The van der Waals surface area contributed by atoms with Crippen LogP contribution in [0.25, 0.3) is 0 Å². The van der Waals surface area contributed by atoms with Crippen LogP contribution in [-0.4, -0.2) is 30.3 Å². The summed E-state index contributed by atoms with van der Waals surface area (Å²) >= 11 is 0. The van der Waals surface area contributed by atoms with Crippen molar-refractivity contribution in [2.75, 3.05) is 17.2 Å². The van der Waals surface area contributed by atoms with Gasteiger partial charge >= 0.3 is 0 Å². The summed E-state index contributed by atoms with van der Waals surface area (Å²) in [6.07, 6.45) is 0.388. The van der Waals surface area contributed by atoms with Crippen molar-refractivity contribution < 1.29 is 19.2 Å². The SMILES string of the molecule is Cc1ccc(C(=O)NCCC2Nc3cc(C(=O)NOCc4ccccc4)ccc3NC2=O)cc1. The van der Waals surface area contributed by atoms with Crippen LogP contribution < -0.4 is 21.4 Å². The second-order valence-corrected chi connectivity index (χ2v) is 8.06. The van der Waals surface area contributed by atoms with Crippen molar-refractivity contribution >= 4 is 29.1 Å². The molecule has 0 fully saturated rings. The number of nitrogens with one attached hydrogen (secondary N) is 4. The molecule has 8 heteroatoms. The van der Waals surface area contributed by atoms with Gasteiger partial charge < -0.3 is 16.0 Å². The summed E-state index contributed by atoms with van der Waals surface area (Å²) in [6, 6.07) is 21.2. The number of hydroxylamine groups is 1. The van der Waals surface area contributed by atoms with E-state index >= 15 is 0 Å². The first-order valence-corrected chi connectivity index (χ1v) is 11.0. The highest BCUT2D eigenvalue weighted by Gasteiger charge is 2.26. The highest BCUT2D eigenvalue weighted by Crippen LogP contribution is 2.28. The van der Waals surface area contributed by atoms with Crippen molar-refractivity contribution in [1.82, 2.24) is 10.8 Å². The molecule has 1 unspecified atom stereocenters. The zero-order valence-electron chi connectivity index (χ0n) is 18.8. The fourth-order valence-electron chi connectivity index (χ4n) is 3.55. The van der Waals surface area contributed by atoms with Crippen molar-refractivity contribution in [3.63, 3.8) is 0 Å². The summed E-state index contributed by atoms with van der Waals surface area (Å²) < 4.78 is 0. The Morgan fingerprint density at radius 2 is 1.65 bits per heavy atom. The Morgan fingerprint density at radius 3 is 2.41 bits per heavy atom. The number of rotatable bonds is 8. The van der Waals surface area contributed by atoms with Gasteiger partial charge in [0, 0.05) is 17.7 Å². The molecule has 0 saturated carbocycles. The molecule has 3 aromatic rings. The molecule has 4 N–H and O–H groups in total. The topological polar surface area (TPSA) is 109 Å². The molecule has 0 spiro atoms. The largest absolute Gasteiger partial charge is 0.372 e. The van der Waals surface area contributed by atoms with Crippen molar-refractivity contribution in [3.05, 3.63) is 95.1 Å². The van der Waals surface area contributed by atoms with E-state index in [1.54, 1.807) is 30.3 Å². The summed E-state index contributed by atoms with van der Waals surface area (Å²) in [5.74, 6) is -0.772. The maximum Gasteiger partial charge on any atom is 0.274 e. The standard InChI is InChI=1S/C26H26N4O4/c1-17-7-9-19(10-8-17)24(31)27-14-13-22-26(33)29-21-12-11-20(15-23(21)28-22)25(32)30-34-16-18-5-3-2-4-6-18/h2-12,15,22,28H,13-14,16H2,1H3,(H,27,31)(H,29,33)(H,30,32). The lowest BCUT2D eigenvalue weighted by molar-refractivity contribution is -0.117. The highest BCUT2D eigenvalue weighted by atomic mass is 16.6. The Kier molecular flexibility index (Phi) is 7.19. The van der Waals surface area contributed by atoms with Gasteiger partial charge in [-0.3, -0.25) is 19.2 Å². The molecule has 3 amide bonds. The van der Waals surface area contributed by atoms with Crippen LogP contribution in [0.5, 0.6) is 0 Å². The molecule has 8 nitrogen and oxygen atoms in total. The number of anilines is 2. The summed E-state index contributed by atoms with van der Waals surface area (Å²) in [6.45, 7) is 2.53. The molecule has 4 rings (SSSR count). The fourth-order valence-corrected chi connectivity index (χ4v) is 3.55. The second kappa shape index (κ2) is 10.6. The third kappa shape index (κ3) is 5.79. The third-order valence-electron chi connectivity index (χ3n) is 5.46. The molecule has 0 bridgehead atoms. The van der Waals surface area contributed by atoms with Crippen LogP contribution in [-0.2, 0) is 16.2 Å². The maximum atomic E-state index is 12.5. The van der Waals surface area contributed by atoms with Crippen LogP contribution in [0.3, 0.4) is 0 Å². The van der Waals surface area contributed by atoms with Gasteiger partial charge in [-0.1, -0.05) is 48.0 Å². The molecule has 0 aromatic heterocycles. The summed E-state index contributed by atoms with van der Waals surface area (Å²) in [7, 11) is 0. The summed E-state index contributed by atoms with van der Waals surface area (Å²) in [4.78, 5) is 42.5. The Bertz CT molecular complexity index is 1180. The highest BCUT2D eigenvalue weighted by molar-refractivity contribution is 6.05. The molecule has 0 aliphatic carbocycles. The van der Waals surface area contributed by atoms with Gasteiger partial charge in [0.1, 0.15) is 6.04 Å². The quantitative estimate of drug-likeness (QED) is 0.387. The predicted molar refractivity (Wildman–Crippen MR) is 129 cm³/mol. The number of benzene rings is 3. The Morgan fingerprint density at radius 1 is 0.912 bits per heavy atom. The molecule has 1 aliphatic heterocycles. The van der Waals surface area contributed by atoms with E-state index in [2.05, 4.69) is 21.4 Å². The van der Waals surface area contributed by atoms with E-state index in [1.165, 1.54) is 0 Å². The molecule has 0 saturated heterocycles. The number of hydrogen-bond acceptors (Lipinski definition) is 5. The van der Waals surface area contributed by atoms with Crippen molar-refractivity contribution in [3.8, 4) is 0 Å². The minimum absolute atomic E-state index is 0.189. The van der Waals surface area contributed by atoms with E-state index in [9.17, 15) is 14.4 Å². The second-order valence-electron chi connectivity index (χ2n) is 8.06. The minimum Gasteiger partial charge on any atom is -0.372 e. The third-order valence-corrected chi connectivity index (χ3v) is 5.46.